The van der Waals surface area contributed by atoms with E-state index in [2.05, 4.69) is 10.6 Å². The van der Waals surface area contributed by atoms with Gasteiger partial charge in [0.15, 0.2) is 0 Å². The highest BCUT2D eigenvalue weighted by molar-refractivity contribution is 5.97. The maximum absolute atomic E-state index is 13.0. The highest BCUT2D eigenvalue weighted by Gasteiger charge is 2.24. The zero-order valence-corrected chi connectivity index (χ0v) is 15.0. The van der Waals surface area contributed by atoms with Crippen LogP contribution in [0.25, 0.3) is 0 Å². The number of halogens is 1. The van der Waals surface area contributed by atoms with Crippen molar-refractivity contribution < 1.29 is 14.0 Å². The predicted octanol–water partition coefficient (Wildman–Crippen LogP) is 2.52. The largest absolute Gasteiger partial charge is 0.399 e. The fraction of sp³-hybridized carbons (Fsp3) is 0.300. The zero-order valence-electron chi connectivity index (χ0n) is 15.0. The van der Waals surface area contributed by atoms with Gasteiger partial charge in [0.25, 0.3) is 5.91 Å². The molecule has 2 aromatic carbocycles. The van der Waals surface area contributed by atoms with Crippen LogP contribution in [-0.4, -0.2) is 24.4 Å². The standard InChI is InChI=1S/C20H24FN3O2/c1-13(2)18(24-19(25)15-5-7-16(21)8-6-15)20(26)23-12-11-14-3-9-17(22)10-4-14/h3-10,13,18H,11-12,22H2,1-2H3,(H,23,26)(H,24,25). The van der Waals surface area contributed by atoms with Gasteiger partial charge in [0.2, 0.25) is 5.91 Å². The highest BCUT2D eigenvalue weighted by Crippen LogP contribution is 2.08. The van der Waals surface area contributed by atoms with Crippen molar-refractivity contribution >= 4 is 17.5 Å². The summed E-state index contributed by atoms with van der Waals surface area (Å²) in [5, 5.41) is 5.57. The quantitative estimate of drug-likeness (QED) is 0.666. The van der Waals surface area contributed by atoms with Crippen LogP contribution >= 0.6 is 0 Å². The summed E-state index contributed by atoms with van der Waals surface area (Å²) >= 11 is 0. The number of carbonyl (C=O) groups is 2. The van der Waals surface area contributed by atoms with Gasteiger partial charge in [-0.25, -0.2) is 4.39 Å². The van der Waals surface area contributed by atoms with Gasteiger partial charge in [-0.15, -0.1) is 0 Å². The molecule has 0 spiro atoms. The van der Waals surface area contributed by atoms with E-state index >= 15 is 0 Å². The minimum absolute atomic E-state index is 0.0871. The summed E-state index contributed by atoms with van der Waals surface area (Å²) in [6, 6.07) is 12.0. The number of nitrogens with two attached hydrogens (primary N) is 1. The third-order valence-electron chi connectivity index (χ3n) is 4.03. The van der Waals surface area contributed by atoms with Crippen LogP contribution in [0.2, 0.25) is 0 Å². The summed E-state index contributed by atoms with van der Waals surface area (Å²) in [5.41, 5.74) is 7.72. The van der Waals surface area contributed by atoms with Gasteiger partial charge in [-0.2, -0.15) is 0 Å². The lowest BCUT2D eigenvalue weighted by atomic mass is 10.0. The summed E-state index contributed by atoms with van der Waals surface area (Å²) in [5.74, 6) is -1.15. The van der Waals surface area contributed by atoms with Crippen molar-refractivity contribution in [2.75, 3.05) is 12.3 Å². The van der Waals surface area contributed by atoms with Gasteiger partial charge in [0.1, 0.15) is 11.9 Å². The molecule has 0 aliphatic heterocycles. The van der Waals surface area contributed by atoms with E-state index in [1.165, 1.54) is 24.3 Å². The van der Waals surface area contributed by atoms with Gasteiger partial charge < -0.3 is 16.4 Å². The van der Waals surface area contributed by atoms with E-state index in [1.807, 2.05) is 38.1 Å². The molecule has 2 amide bonds. The summed E-state index contributed by atoms with van der Waals surface area (Å²) in [6.45, 7) is 4.17. The topological polar surface area (TPSA) is 84.2 Å². The molecule has 2 aromatic rings. The monoisotopic (exact) mass is 357 g/mol. The first-order chi connectivity index (χ1) is 12.4. The third kappa shape index (κ3) is 5.58. The SMILES string of the molecule is CC(C)C(NC(=O)c1ccc(F)cc1)C(=O)NCCc1ccc(N)cc1. The molecule has 0 aliphatic rings. The summed E-state index contributed by atoms with van der Waals surface area (Å²) in [7, 11) is 0. The molecule has 5 nitrogen and oxygen atoms in total. The minimum Gasteiger partial charge on any atom is -0.399 e. The van der Waals surface area contributed by atoms with Crippen molar-refractivity contribution in [3.05, 3.63) is 65.5 Å². The number of benzene rings is 2. The van der Waals surface area contributed by atoms with Crippen molar-refractivity contribution in [1.82, 2.24) is 10.6 Å². The van der Waals surface area contributed by atoms with E-state index in [0.717, 1.165) is 5.56 Å². The molecular formula is C20H24FN3O2. The van der Waals surface area contributed by atoms with Crippen LogP contribution in [0.15, 0.2) is 48.5 Å². The zero-order chi connectivity index (χ0) is 19.1. The predicted molar refractivity (Wildman–Crippen MR) is 100 cm³/mol. The van der Waals surface area contributed by atoms with Crippen molar-refractivity contribution in [2.45, 2.75) is 26.3 Å². The van der Waals surface area contributed by atoms with Crippen LogP contribution in [0.1, 0.15) is 29.8 Å². The Hall–Kier alpha value is -2.89. The Labute approximate surface area is 152 Å². The molecule has 0 aromatic heterocycles. The first-order valence-corrected chi connectivity index (χ1v) is 8.55. The Morgan fingerprint density at radius 1 is 1.04 bits per heavy atom. The molecule has 26 heavy (non-hydrogen) atoms. The Balaban J connectivity index is 1.90. The highest BCUT2D eigenvalue weighted by atomic mass is 19.1. The fourth-order valence-electron chi connectivity index (χ4n) is 2.49. The van der Waals surface area contributed by atoms with E-state index in [0.29, 0.717) is 24.2 Å². The van der Waals surface area contributed by atoms with Crippen molar-refractivity contribution in [2.24, 2.45) is 5.92 Å². The molecule has 2 rings (SSSR count). The smallest absolute Gasteiger partial charge is 0.251 e. The molecule has 1 unspecified atom stereocenters. The third-order valence-corrected chi connectivity index (χ3v) is 4.03. The number of rotatable bonds is 7. The second-order valence-electron chi connectivity index (χ2n) is 6.48. The van der Waals surface area contributed by atoms with Crippen molar-refractivity contribution in [3.8, 4) is 0 Å². The van der Waals surface area contributed by atoms with Crippen molar-refractivity contribution in [1.29, 1.82) is 0 Å². The molecule has 138 valence electrons. The molecule has 0 aliphatic carbocycles. The number of nitrogens with one attached hydrogen (secondary N) is 2. The lowest BCUT2D eigenvalue weighted by Crippen LogP contribution is -2.50. The van der Waals surface area contributed by atoms with Gasteiger partial charge in [-0.3, -0.25) is 9.59 Å². The molecule has 0 radical (unpaired) electrons. The number of amides is 2. The molecule has 1 atom stereocenters. The van der Waals surface area contributed by atoms with E-state index in [4.69, 9.17) is 5.73 Å². The molecule has 0 saturated heterocycles. The van der Waals surface area contributed by atoms with E-state index in [1.54, 1.807) is 0 Å². The Morgan fingerprint density at radius 2 is 1.65 bits per heavy atom. The van der Waals surface area contributed by atoms with Crippen LogP contribution in [-0.2, 0) is 11.2 Å². The number of hydrogen-bond acceptors (Lipinski definition) is 3. The molecule has 6 heteroatoms. The average Bonchev–Trinajstić information content (AvgIpc) is 2.61. The molecule has 0 heterocycles. The van der Waals surface area contributed by atoms with Crippen LogP contribution in [0.4, 0.5) is 10.1 Å². The first-order valence-electron chi connectivity index (χ1n) is 8.55. The second-order valence-corrected chi connectivity index (χ2v) is 6.48. The summed E-state index contributed by atoms with van der Waals surface area (Å²) in [4.78, 5) is 24.7. The summed E-state index contributed by atoms with van der Waals surface area (Å²) in [6.07, 6.45) is 0.669. The maximum atomic E-state index is 13.0. The van der Waals surface area contributed by atoms with Crippen LogP contribution in [0, 0.1) is 11.7 Å². The second kappa shape index (κ2) is 8.99. The number of anilines is 1. The van der Waals surface area contributed by atoms with Crippen LogP contribution in [0.3, 0.4) is 0 Å². The first kappa shape index (κ1) is 19.4. The number of nitrogen functional groups attached to an aromatic ring is 1. The van der Waals surface area contributed by atoms with E-state index in [-0.39, 0.29) is 11.8 Å². The lowest BCUT2D eigenvalue weighted by molar-refractivity contribution is -0.123. The maximum Gasteiger partial charge on any atom is 0.251 e. The average molecular weight is 357 g/mol. The minimum atomic E-state index is -0.668. The van der Waals surface area contributed by atoms with E-state index in [9.17, 15) is 14.0 Å². The van der Waals surface area contributed by atoms with Gasteiger partial charge in [-0.1, -0.05) is 26.0 Å². The fourth-order valence-corrected chi connectivity index (χ4v) is 2.49. The number of carbonyl (C=O) groups excluding carboxylic acids is 2. The molecular weight excluding hydrogens is 333 g/mol. The Bertz CT molecular complexity index is 743. The summed E-state index contributed by atoms with van der Waals surface area (Å²) < 4.78 is 13.0. The Morgan fingerprint density at radius 3 is 2.23 bits per heavy atom. The van der Waals surface area contributed by atoms with Crippen LogP contribution < -0.4 is 16.4 Å². The molecule has 0 saturated carbocycles. The number of hydrogen-bond donors (Lipinski definition) is 3. The molecule has 0 bridgehead atoms. The van der Waals surface area contributed by atoms with Crippen molar-refractivity contribution in [3.63, 3.8) is 0 Å². The van der Waals surface area contributed by atoms with Gasteiger partial charge in [0, 0.05) is 17.8 Å². The van der Waals surface area contributed by atoms with Gasteiger partial charge in [-0.05, 0) is 54.3 Å². The lowest BCUT2D eigenvalue weighted by Gasteiger charge is -2.21. The van der Waals surface area contributed by atoms with E-state index < -0.39 is 17.8 Å². The molecule has 4 N–H and O–H groups in total. The normalized spacial score (nSPS) is 11.8. The van der Waals surface area contributed by atoms with Crippen LogP contribution in [0.5, 0.6) is 0 Å². The van der Waals surface area contributed by atoms with Gasteiger partial charge >= 0.3 is 0 Å². The van der Waals surface area contributed by atoms with Gasteiger partial charge in [0.05, 0.1) is 0 Å². The Kier molecular flexibility index (Phi) is 6.72. The molecule has 0 fully saturated rings.